The first kappa shape index (κ1) is 24.8. The van der Waals surface area contributed by atoms with Crippen LogP contribution >= 0.6 is 0 Å². The largest absolute Gasteiger partial charge is 0.494 e. The highest BCUT2D eigenvalue weighted by molar-refractivity contribution is 5.65. The van der Waals surface area contributed by atoms with Gasteiger partial charge in [-0.1, -0.05) is 18.7 Å². The van der Waals surface area contributed by atoms with E-state index in [2.05, 4.69) is 16.8 Å². The fraction of sp³-hybridized carbons (Fsp3) is 0.320. The molecule has 0 radical (unpaired) electrons. The molecule has 0 bridgehead atoms. The van der Waals surface area contributed by atoms with Crippen LogP contribution in [0.1, 0.15) is 35.6 Å². The van der Waals surface area contributed by atoms with Gasteiger partial charge in [-0.05, 0) is 30.7 Å². The van der Waals surface area contributed by atoms with Crippen molar-refractivity contribution in [2.45, 2.75) is 24.7 Å². The molecule has 1 aromatic carbocycles. The molecule has 8 nitrogen and oxygen atoms in total. The topological polar surface area (TPSA) is 75.6 Å². The summed E-state index contributed by atoms with van der Waals surface area (Å²) in [5, 5.41) is 7.63. The summed E-state index contributed by atoms with van der Waals surface area (Å²) in [7, 11) is 1.63. The van der Waals surface area contributed by atoms with Crippen LogP contribution in [0.3, 0.4) is 0 Å². The van der Waals surface area contributed by atoms with Gasteiger partial charge < -0.3 is 14.0 Å². The van der Waals surface area contributed by atoms with E-state index in [9.17, 15) is 18.0 Å². The second-order valence-electron chi connectivity index (χ2n) is 8.90. The Labute approximate surface area is 208 Å². The predicted molar refractivity (Wildman–Crippen MR) is 126 cm³/mol. The molecule has 1 atom stereocenters. The third kappa shape index (κ3) is 4.01. The van der Waals surface area contributed by atoms with Crippen molar-refractivity contribution in [3.63, 3.8) is 0 Å². The van der Waals surface area contributed by atoms with Crippen molar-refractivity contribution >= 4 is 11.3 Å². The first-order chi connectivity index (χ1) is 17.6. The molecule has 4 aromatic rings. The molecule has 4 heterocycles. The molecule has 37 heavy (non-hydrogen) atoms. The van der Waals surface area contributed by atoms with Crippen molar-refractivity contribution < 1.29 is 27.0 Å². The Hall–Kier alpha value is -3.93. The van der Waals surface area contributed by atoms with Crippen LogP contribution in [0.5, 0.6) is 0 Å². The number of benzene rings is 1. The minimum absolute atomic E-state index is 0.0150. The Bertz CT molecular complexity index is 1550. The number of rotatable bonds is 7. The number of nitrogens with zero attached hydrogens (tertiary/aromatic N) is 5. The van der Waals surface area contributed by atoms with Gasteiger partial charge in [0.05, 0.1) is 42.0 Å². The molecular formula is C25H23F4N5O3. The van der Waals surface area contributed by atoms with Crippen molar-refractivity contribution in [2.24, 2.45) is 7.05 Å². The molecule has 0 amide bonds. The second-order valence-corrected chi connectivity index (χ2v) is 8.90. The highest BCUT2D eigenvalue weighted by Crippen LogP contribution is 2.45. The van der Waals surface area contributed by atoms with E-state index in [-0.39, 0.29) is 48.2 Å². The van der Waals surface area contributed by atoms with E-state index < -0.39 is 29.0 Å². The normalized spacial score (nSPS) is 15.9. The number of aryl methyl sites for hydroxylation is 1. The van der Waals surface area contributed by atoms with Crippen molar-refractivity contribution in [2.75, 3.05) is 19.8 Å². The summed E-state index contributed by atoms with van der Waals surface area (Å²) in [4.78, 5) is 13.3. The standard InChI is InChI=1S/C25H23F4N5O3/c1-4-37-15(2)16-8-19(25(27,28)29)20-11-33(23(35)34(20)10-16)18-7-5-6-17(9-18)24(12-36-13-24)21(26)22-31-30-14-32(22)3/h5-11,14,21H,2,4,12-13H2,1,3H3. The van der Waals surface area contributed by atoms with E-state index in [0.717, 1.165) is 21.2 Å². The molecular weight excluding hydrogens is 494 g/mol. The number of halogens is 4. The van der Waals surface area contributed by atoms with Crippen molar-refractivity contribution in [3.05, 3.63) is 88.6 Å². The van der Waals surface area contributed by atoms with Crippen LogP contribution in [0.2, 0.25) is 0 Å². The number of hydrogen-bond donors (Lipinski definition) is 0. The van der Waals surface area contributed by atoms with Gasteiger partial charge >= 0.3 is 11.9 Å². The lowest BCUT2D eigenvalue weighted by Crippen LogP contribution is -2.50. The maximum Gasteiger partial charge on any atom is 0.418 e. The maximum atomic E-state index is 15.7. The molecule has 5 rings (SSSR count). The van der Waals surface area contributed by atoms with E-state index in [1.165, 1.54) is 17.1 Å². The molecule has 194 valence electrons. The zero-order chi connectivity index (χ0) is 26.5. The van der Waals surface area contributed by atoms with Crippen LogP contribution in [0.25, 0.3) is 17.0 Å². The molecule has 1 unspecified atom stereocenters. The summed E-state index contributed by atoms with van der Waals surface area (Å²) in [6, 6.07) is 7.37. The minimum Gasteiger partial charge on any atom is -0.494 e. The van der Waals surface area contributed by atoms with Crippen LogP contribution in [-0.2, 0) is 28.1 Å². The number of aromatic nitrogens is 5. The van der Waals surface area contributed by atoms with Crippen LogP contribution in [0, 0.1) is 0 Å². The lowest BCUT2D eigenvalue weighted by atomic mass is 9.74. The Balaban J connectivity index is 1.64. The molecule has 3 aromatic heterocycles. The first-order valence-corrected chi connectivity index (χ1v) is 11.4. The van der Waals surface area contributed by atoms with Crippen LogP contribution in [0.4, 0.5) is 17.6 Å². The molecule has 0 aliphatic carbocycles. The fourth-order valence-electron chi connectivity index (χ4n) is 4.53. The van der Waals surface area contributed by atoms with Crippen LogP contribution in [-0.4, -0.2) is 43.6 Å². The minimum atomic E-state index is -4.74. The molecule has 0 spiro atoms. The smallest absolute Gasteiger partial charge is 0.418 e. The van der Waals surface area contributed by atoms with E-state index in [4.69, 9.17) is 9.47 Å². The Morgan fingerprint density at radius 1 is 1.27 bits per heavy atom. The lowest BCUT2D eigenvalue weighted by molar-refractivity contribution is -0.136. The molecule has 1 saturated heterocycles. The van der Waals surface area contributed by atoms with Gasteiger partial charge in [0.25, 0.3) is 0 Å². The number of fused-ring (bicyclic) bond motifs is 1. The summed E-state index contributed by atoms with van der Waals surface area (Å²) >= 11 is 0. The number of hydrogen-bond acceptors (Lipinski definition) is 5. The zero-order valence-electron chi connectivity index (χ0n) is 20.0. The fourth-order valence-corrected chi connectivity index (χ4v) is 4.53. The van der Waals surface area contributed by atoms with Crippen molar-refractivity contribution in [1.29, 1.82) is 0 Å². The molecule has 1 aliphatic heterocycles. The van der Waals surface area contributed by atoms with Crippen molar-refractivity contribution in [3.8, 4) is 5.69 Å². The highest BCUT2D eigenvalue weighted by Gasteiger charge is 2.50. The lowest BCUT2D eigenvalue weighted by Gasteiger charge is -2.43. The number of ether oxygens (including phenoxy) is 2. The molecule has 0 saturated carbocycles. The Morgan fingerprint density at radius 2 is 2.03 bits per heavy atom. The average molecular weight is 517 g/mol. The Kier molecular flexibility index (Phi) is 5.94. The summed E-state index contributed by atoms with van der Waals surface area (Å²) in [5.41, 5.74) is -2.32. The monoisotopic (exact) mass is 517 g/mol. The maximum absolute atomic E-state index is 15.7. The van der Waals surface area contributed by atoms with Gasteiger partial charge in [-0.25, -0.2) is 9.18 Å². The van der Waals surface area contributed by atoms with E-state index >= 15 is 4.39 Å². The summed E-state index contributed by atoms with van der Waals surface area (Å²) in [6.45, 7) is 5.68. The van der Waals surface area contributed by atoms with Gasteiger partial charge in [0.15, 0.2) is 12.0 Å². The molecule has 0 N–H and O–H groups in total. The zero-order valence-corrected chi connectivity index (χ0v) is 20.0. The SMILES string of the molecule is C=C(OCC)c1cc(C(F)(F)F)c2cn(-c3cccc(C4(C(F)c5nncn5C)COC4)c3)c(=O)n2c1. The average Bonchev–Trinajstić information content (AvgIpc) is 3.40. The quantitative estimate of drug-likeness (QED) is 0.271. The predicted octanol–water partition coefficient (Wildman–Crippen LogP) is 4.22. The van der Waals surface area contributed by atoms with Crippen LogP contribution < -0.4 is 5.69 Å². The number of alkyl halides is 4. The summed E-state index contributed by atoms with van der Waals surface area (Å²) < 4.78 is 71.7. The van der Waals surface area contributed by atoms with Gasteiger partial charge in [0.2, 0.25) is 0 Å². The third-order valence-corrected chi connectivity index (χ3v) is 6.59. The van der Waals surface area contributed by atoms with Gasteiger partial charge in [0.1, 0.15) is 12.1 Å². The highest BCUT2D eigenvalue weighted by atomic mass is 19.4. The van der Waals surface area contributed by atoms with Gasteiger partial charge in [-0.15, -0.1) is 10.2 Å². The number of imidazole rings is 1. The van der Waals surface area contributed by atoms with Crippen LogP contribution in [0.15, 0.2) is 60.4 Å². The number of pyridine rings is 1. The molecule has 12 heteroatoms. The third-order valence-electron chi connectivity index (χ3n) is 6.59. The summed E-state index contributed by atoms with van der Waals surface area (Å²) in [5.74, 6) is 0.138. The molecule has 1 aliphatic rings. The van der Waals surface area contributed by atoms with Crippen molar-refractivity contribution in [1.82, 2.24) is 23.7 Å². The van der Waals surface area contributed by atoms with E-state index in [0.29, 0.717) is 5.56 Å². The van der Waals surface area contributed by atoms with Gasteiger partial charge in [-0.3, -0.25) is 8.97 Å². The first-order valence-electron chi connectivity index (χ1n) is 11.4. The molecule has 1 fully saturated rings. The van der Waals surface area contributed by atoms with E-state index in [1.807, 2.05) is 0 Å². The second kappa shape index (κ2) is 8.87. The van der Waals surface area contributed by atoms with E-state index in [1.54, 1.807) is 38.2 Å². The van der Waals surface area contributed by atoms with Gasteiger partial charge in [0, 0.05) is 25.0 Å². The Morgan fingerprint density at radius 3 is 2.62 bits per heavy atom. The van der Waals surface area contributed by atoms with Gasteiger partial charge in [-0.2, -0.15) is 13.2 Å². The summed E-state index contributed by atoms with van der Waals surface area (Å²) in [6.07, 6.45) is -2.52.